The van der Waals surface area contributed by atoms with Crippen molar-refractivity contribution in [2.75, 3.05) is 25.7 Å². The van der Waals surface area contributed by atoms with Crippen molar-refractivity contribution in [1.82, 2.24) is 50.3 Å². The molecule has 4 atom stereocenters. The third-order valence-electron chi connectivity index (χ3n) is 7.92. The third kappa shape index (κ3) is 13.8. The largest absolute Gasteiger partial charge is 0.467 e. The second-order valence-corrected chi connectivity index (χ2v) is 14.4. The molecule has 4 aromatic heterocycles. The molecule has 0 unspecified atom stereocenters. The Labute approximate surface area is 319 Å². The van der Waals surface area contributed by atoms with Crippen molar-refractivity contribution in [1.29, 1.82) is 0 Å². The van der Waals surface area contributed by atoms with E-state index in [1.807, 2.05) is 58.2 Å². The molecule has 4 aromatic rings. The first-order chi connectivity index (χ1) is 26.1. The average molecular weight is 785 g/mol. The molecular formula is C34H44N10O8S2. The Balaban J connectivity index is 1.43. The Hall–Kier alpha value is -5.50. The molecule has 4 amide bonds. The first-order valence-electron chi connectivity index (χ1n) is 16.9. The first kappa shape index (κ1) is 41.3. The lowest BCUT2D eigenvalue weighted by atomic mass is 10.1. The Morgan fingerprint density at radius 2 is 1.20 bits per heavy atom. The second kappa shape index (κ2) is 21.9. The lowest BCUT2D eigenvalue weighted by molar-refractivity contribution is -0.145. The molecule has 0 saturated carbocycles. The van der Waals surface area contributed by atoms with Crippen LogP contribution in [0.15, 0.2) is 74.0 Å². The second-order valence-electron chi connectivity index (χ2n) is 11.8. The normalized spacial score (nSPS) is 13.1. The van der Waals surface area contributed by atoms with Gasteiger partial charge in [0.25, 0.3) is 0 Å². The molecule has 0 aliphatic rings. The molecular weight excluding hydrogens is 741 g/mol. The van der Waals surface area contributed by atoms with E-state index >= 15 is 0 Å². The number of nitrogens with zero attached hydrogens (tertiary/aromatic N) is 4. The van der Waals surface area contributed by atoms with Crippen LogP contribution in [-0.2, 0) is 64.2 Å². The van der Waals surface area contributed by atoms with Crippen LogP contribution in [0.4, 0.5) is 0 Å². The molecule has 6 N–H and O–H groups in total. The number of hydrogen-bond acceptors (Lipinski definition) is 12. The zero-order valence-electron chi connectivity index (χ0n) is 29.8. The minimum Gasteiger partial charge on any atom is -0.467 e. The zero-order valence-corrected chi connectivity index (χ0v) is 31.4. The highest BCUT2D eigenvalue weighted by Gasteiger charge is 2.30. The number of aromatic amines is 2. The maximum Gasteiger partial charge on any atom is 0.328 e. The molecule has 4 rings (SSSR count). The van der Waals surface area contributed by atoms with Gasteiger partial charge in [0.05, 0.1) is 20.5 Å². The summed E-state index contributed by atoms with van der Waals surface area (Å²) in [6.45, 7) is 0.763. The number of carbonyl (C=O) groups is 6. The highest BCUT2D eigenvalue weighted by molar-refractivity contribution is 8.76. The maximum atomic E-state index is 13.6. The topological polar surface area (TPSA) is 236 Å². The number of esters is 2. The molecule has 0 fully saturated rings. The SMILES string of the molecule is COC(=O)[C@H](Cc1cnc[nH]1)NC(=O)[C@H](CSSC[C@H](NC(=O)CCn1cccc1)C(=O)N[C@@H](Cc1ncc[nH]1)C(=O)OC)NC(=O)CCn1cccc1. The summed E-state index contributed by atoms with van der Waals surface area (Å²) in [6, 6.07) is 2.99. The summed E-state index contributed by atoms with van der Waals surface area (Å²) in [5.74, 6) is -2.92. The quantitative estimate of drug-likeness (QED) is 0.0340. The molecule has 290 valence electrons. The fraction of sp³-hybridized carbons (Fsp3) is 0.412. The minimum absolute atomic E-state index is 0.0232. The van der Waals surface area contributed by atoms with Gasteiger partial charge in [0.15, 0.2) is 0 Å². The predicted octanol–water partition coefficient (Wildman–Crippen LogP) is 0.368. The predicted molar refractivity (Wildman–Crippen MR) is 199 cm³/mol. The number of aryl methyl sites for hydroxylation is 2. The first-order valence-corrected chi connectivity index (χ1v) is 19.4. The van der Waals surface area contributed by atoms with Crippen LogP contribution >= 0.6 is 21.6 Å². The van der Waals surface area contributed by atoms with Gasteiger partial charge in [-0.1, -0.05) is 21.6 Å². The summed E-state index contributed by atoms with van der Waals surface area (Å²) in [5, 5.41) is 10.9. The van der Waals surface area contributed by atoms with Crippen molar-refractivity contribution in [3.05, 3.63) is 85.5 Å². The summed E-state index contributed by atoms with van der Waals surface area (Å²) in [7, 11) is 4.75. The summed E-state index contributed by atoms with van der Waals surface area (Å²) in [5.41, 5.74) is 0.585. The Bertz CT molecular complexity index is 1620. The number of aromatic nitrogens is 6. The lowest BCUT2D eigenvalue weighted by Gasteiger charge is -2.23. The van der Waals surface area contributed by atoms with E-state index in [2.05, 4.69) is 41.2 Å². The van der Waals surface area contributed by atoms with Gasteiger partial charge < -0.3 is 49.8 Å². The summed E-state index contributed by atoms with van der Waals surface area (Å²) < 4.78 is 13.5. The zero-order chi connectivity index (χ0) is 38.7. The van der Waals surface area contributed by atoms with Crippen LogP contribution in [0.1, 0.15) is 24.4 Å². The van der Waals surface area contributed by atoms with Crippen LogP contribution in [0.5, 0.6) is 0 Å². The Morgan fingerprint density at radius 1 is 0.704 bits per heavy atom. The van der Waals surface area contributed by atoms with Gasteiger partial charge in [0.2, 0.25) is 23.6 Å². The molecule has 0 aliphatic heterocycles. The molecule has 4 heterocycles. The van der Waals surface area contributed by atoms with Gasteiger partial charge in [-0.2, -0.15) is 0 Å². The van der Waals surface area contributed by atoms with Crippen molar-refractivity contribution >= 4 is 57.2 Å². The fourth-order valence-corrected chi connectivity index (χ4v) is 7.39. The number of imidazole rings is 2. The minimum atomic E-state index is -1.09. The Morgan fingerprint density at radius 3 is 1.63 bits per heavy atom. The van der Waals surface area contributed by atoms with Gasteiger partial charge in [0, 0.05) is 99.4 Å². The van der Waals surface area contributed by atoms with E-state index < -0.39 is 59.7 Å². The molecule has 0 aromatic carbocycles. The lowest BCUT2D eigenvalue weighted by Crippen LogP contribution is -2.54. The summed E-state index contributed by atoms with van der Waals surface area (Å²) >= 11 is 0. The van der Waals surface area contributed by atoms with E-state index in [1.165, 1.54) is 54.5 Å². The number of hydrogen-bond donors (Lipinski definition) is 6. The number of ether oxygens (including phenoxy) is 2. The smallest absolute Gasteiger partial charge is 0.328 e. The highest BCUT2D eigenvalue weighted by atomic mass is 33.1. The van der Waals surface area contributed by atoms with Crippen LogP contribution in [-0.4, -0.2) is 115 Å². The van der Waals surface area contributed by atoms with E-state index in [-0.39, 0.29) is 37.2 Å². The van der Waals surface area contributed by atoms with Crippen molar-refractivity contribution in [2.45, 2.75) is 62.9 Å². The van der Waals surface area contributed by atoms with Crippen LogP contribution in [0.25, 0.3) is 0 Å². The van der Waals surface area contributed by atoms with E-state index in [9.17, 15) is 28.8 Å². The molecule has 0 aliphatic carbocycles. The molecule has 0 bridgehead atoms. The van der Waals surface area contributed by atoms with E-state index in [1.54, 1.807) is 6.20 Å². The fourth-order valence-electron chi connectivity index (χ4n) is 5.07. The van der Waals surface area contributed by atoms with Crippen LogP contribution in [0, 0.1) is 0 Å². The molecule has 18 nitrogen and oxygen atoms in total. The monoisotopic (exact) mass is 784 g/mol. The molecule has 0 spiro atoms. The van der Waals surface area contributed by atoms with Crippen molar-refractivity contribution in [3.63, 3.8) is 0 Å². The number of amides is 4. The number of carbonyl (C=O) groups excluding carboxylic acids is 6. The van der Waals surface area contributed by atoms with Crippen LogP contribution in [0.3, 0.4) is 0 Å². The van der Waals surface area contributed by atoms with Gasteiger partial charge in [-0.25, -0.2) is 19.6 Å². The maximum absolute atomic E-state index is 13.6. The van der Waals surface area contributed by atoms with Gasteiger partial charge in [-0.05, 0) is 24.3 Å². The van der Waals surface area contributed by atoms with E-state index in [0.717, 1.165) is 0 Å². The average Bonchev–Trinajstić information content (AvgIpc) is 4.02. The van der Waals surface area contributed by atoms with Crippen molar-refractivity contribution < 1.29 is 38.2 Å². The molecule has 54 heavy (non-hydrogen) atoms. The standard InChI is InChI=1S/C34H44N10O8S2/c1-51-33(49)24(17-23-19-35-22-38-23)41-31(47)26(39-29(45)7-15-43-11-3-4-12-43)20-53-54-21-27(40-30(46)8-16-44-13-5-6-14-44)32(48)42-25(34(50)52-2)18-28-36-9-10-37-28/h3-6,9-14,19,22,24-27H,7-8,15-18,20-21H2,1-2H3,(H,35,38)(H,36,37)(H,39,45)(H,40,46)(H,41,47)(H,42,48)/t24-,25-,26-,27-/m0/s1. The van der Waals surface area contributed by atoms with Gasteiger partial charge >= 0.3 is 11.9 Å². The molecule has 0 saturated heterocycles. The Kier molecular flexibility index (Phi) is 16.7. The summed E-state index contributed by atoms with van der Waals surface area (Å²) in [6.07, 6.45) is 13.6. The number of rotatable bonds is 23. The van der Waals surface area contributed by atoms with Crippen LogP contribution < -0.4 is 21.3 Å². The van der Waals surface area contributed by atoms with E-state index in [4.69, 9.17) is 9.47 Å². The van der Waals surface area contributed by atoms with Crippen molar-refractivity contribution in [2.24, 2.45) is 0 Å². The van der Waals surface area contributed by atoms with Gasteiger partial charge in [0.1, 0.15) is 30.0 Å². The number of H-pyrrole nitrogens is 2. The molecule has 20 heteroatoms. The molecule has 0 radical (unpaired) electrons. The van der Waals surface area contributed by atoms with Gasteiger partial charge in [-0.15, -0.1) is 0 Å². The van der Waals surface area contributed by atoms with Gasteiger partial charge in [-0.3, -0.25) is 19.2 Å². The van der Waals surface area contributed by atoms with E-state index in [0.29, 0.717) is 24.6 Å². The highest BCUT2D eigenvalue weighted by Crippen LogP contribution is 2.24. The third-order valence-corrected chi connectivity index (χ3v) is 10.3. The number of nitrogens with one attached hydrogen (secondary N) is 6. The number of methoxy groups -OCH3 is 2. The van der Waals surface area contributed by atoms with Crippen molar-refractivity contribution in [3.8, 4) is 0 Å². The summed E-state index contributed by atoms with van der Waals surface area (Å²) in [4.78, 5) is 92.3. The van der Waals surface area contributed by atoms with Crippen LogP contribution in [0.2, 0.25) is 0 Å².